The fraction of sp³-hybridized carbons (Fsp3) is 0.412. The van der Waals surface area contributed by atoms with Gasteiger partial charge in [0.15, 0.2) is 0 Å². The van der Waals surface area contributed by atoms with Crippen molar-refractivity contribution in [2.24, 2.45) is 5.92 Å². The number of nitrogens with zero attached hydrogens (tertiary/aromatic N) is 3. The summed E-state index contributed by atoms with van der Waals surface area (Å²) in [6.45, 7) is 7.42. The molecule has 0 spiro atoms. The van der Waals surface area contributed by atoms with Gasteiger partial charge in [-0.05, 0) is 43.0 Å². The minimum Gasteiger partial charge on any atom is -0.354 e. The zero-order chi connectivity index (χ0) is 16.7. The van der Waals surface area contributed by atoms with Crippen molar-refractivity contribution in [1.29, 1.82) is 0 Å². The van der Waals surface area contributed by atoms with E-state index in [0.29, 0.717) is 24.1 Å². The van der Waals surface area contributed by atoms with Gasteiger partial charge in [-0.1, -0.05) is 13.8 Å². The maximum atomic E-state index is 12.3. The van der Waals surface area contributed by atoms with Gasteiger partial charge in [-0.3, -0.25) is 9.78 Å². The minimum absolute atomic E-state index is 0.209. The number of aryl methyl sites for hydroxylation is 1. The van der Waals surface area contributed by atoms with E-state index in [9.17, 15) is 4.79 Å². The van der Waals surface area contributed by atoms with Gasteiger partial charge in [0, 0.05) is 31.2 Å². The number of pyridine rings is 1. The maximum absolute atomic E-state index is 12.3. The highest BCUT2D eigenvalue weighted by atomic mass is 16.1. The summed E-state index contributed by atoms with van der Waals surface area (Å²) < 4.78 is 0. The zero-order valence-corrected chi connectivity index (χ0v) is 13.8. The van der Waals surface area contributed by atoms with E-state index in [1.165, 1.54) is 0 Å². The molecule has 0 aliphatic carbocycles. The summed E-state index contributed by atoms with van der Waals surface area (Å²) >= 11 is 0. The molecule has 23 heavy (non-hydrogen) atoms. The van der Waals surface area contributed by atoms with Crippen molar-refractivity contribution in [1.82, 2.24) is 20.3 Å². The SMILES string of the molecule is Cc1cc(C(=O)NCc2ccncc2)nc(NCCC(C)C)n1. The van der Waals surface area contributed by atoms with Gasteiger partial charge in [0.2, 0.25) is 5.95 Å². The third kappa shape index (κ3) is 5.65. The van der Waals surface area contributed by atoms with Crippen molar-refractivity contribution >= 4 is 11.9 Å². The van der Waals surface area contributed by atoms with Crippen LogP contribution in [0.2, 0.25) is 0 Å². The summed E-state index contributed by atoms with van der Waals surface area (Å²) in [6, 6.07) is 5.42. The summed E-state index contributed by atoms with van der Waals surface area (Å²) in [5, 5.41) is 6.03. The van der Waals surface area contributed by atoms with Crippen LogP contribution in [0.25, 0.3) is 0 Å². The molecule has 0 aliphatic heterocycles. The first-order chi connectivity index (χ1) is 11.0. The number of anilines is 1. The van der Waals surface area contributed by atoms with Gasteiger partial charge >= 0.3 is 0 Å². The molecule has 0 aliphatic rings. The van der Waals surface area contributed by atoms with Crippen LogP contribution < -0.4 is 10.6 Å². The van der Waals surface area contributed by atoms with Crippen LogP contribution in [-0.4, -0.2) is 27.4 Å². The van der Waals surface area contributed by atoms with E-state index >= 15 is 0 Å². The van der Waals surface area contributed by atoms with Crippen molar-refractivity contribution in [3.63, 3.8) is 0 Å². The molecule has 0 saturated heterocycles. The molecule has 0 atom stereocenters. The van der Waals surface area contributed by atoms with E-state index in [1.54, 1.807) is 18.5 Å². The molecule has 6 nitrogen and oxygen atoms in total. The molecule has 0 aromatic carbocycles. The van der Waals surface area contributed by atoms with Gasteiger partial charge in [-0.25, -0.2) is 9.97 Å². The Balaban J connectivity index is 1.97. The average molecular weight is 313 g/mol. The number of amides is 1. The Morgan fingerprint density at radius 3 is 2.65 bits per heavy atom. The van der Waals surface area contributed by atoms with Crippen LogP contribution in [0.4, 0.5) is 5.95 Å². The van der Waals surface area contributed by atoms with E-state index < -0.39 is 0 Å². The second-order valence-corrected chi connectivity index (χ2v) is 5.87. The average Bonchev–Trinajstić information content (AvgIpc) is 2.52. The topological polar surface area (TPSA) is 79.8 Å². The van der Waals surface area contributed by atoms with Crippen molar-refractivity contribution in [3.05, 3.63) is 47.5 Å². The molecule has 0 unspecified atom stereocenters. The lowest BCUT2D eigenvalue weighted by molar-refractivity contribution is 0.0945. The Hall–Kier alpha value is -2.50. The van der Waals surface area contributed by atoms with Gasteiger partial charge in [0.25, 0.3) is 5.91 Å². The van der Waals surface area contributed by atoms with Crippen LogP contribution >= 0.6 is 0 Å². The maximum Gasteiger partial charge on any atom is 0.270 e. The van der Waals surface area contributed by atoms with Gasteiger partial charge in [0.05, 0.1) is 0 Å². The van der Waals surface area contributed by atoms with Crippen molar-refractivity contribution in [2.45, 2.75) is 33.7 Å². The predicted octanol–water partition coefficient (Wildman–Crippen LogP) is 2.57. The Labute approximate surface area is 136 Å². The number of nitrogens with one attached hydrogen (secondary N) is 2. The lowest BCUT2D eigenvalue weighted by Crippen LogP contribution is -2.24. The number of aromatic nitrogens is 3. The summed E-state index contributed by atoms with van der Waals surface area (Å²) in [6.07, 6.45) is 4.43. The number of hydrogen-bond donors (Lipinski definition) is 2. The van der Waals surface area contributed by atoms with Gasteiger partial charge < -0.3 is 10.6 Å². The molecule has 2 aromatic rings. The molecular weight excluding hydrogens is 290 g/mol. The summed E-state index contributed by atoms with van der Waals surface area (Å²) in [5.74, 6) is 0.898. The molecule has 0 bridgehead atoms. The summed E-state index contributed by atoms with van der Waals surface area (Å²) in [5.41, 5.74) is 2.13. The van der Waals surface area contributed by atoms with Gasteiger partial charge in [0.1, 0.15) is 5.69 Å². The largest absolute Gasteiger partial charge is 0.354 e. The number of carbonyl (C=O) groups is 1. The van der Waals surface area contributed by atoms with E-state index in [2.05, 4.69) is 39.4 Å². The lowest BCUT2D eigenvalue weighted by Gasteiger charge is -2.10. The van der Waals surface area contributed by atoms with Crippen LogP contribution in [-0.2, 0) is 6.54 Å². The van der Waals surface area contributed by atoms with Crippen LogP contribution in [0.3, 0.4) is 0 Å². The number of rotatable bonds is 7. The second kappa shape index (κ2) is 8.22. The first kappa shape index (κ1) is 16.9. The number of carbonyl (C=O) groups excluding carboxylic acids is 1. The first-order valence-corrected chi connectivity index (χ1v) is 7.81. The standard InChI is InChI=1S/C17H23N5O/c1-12(2)4-9-19-17-21-13(3)10-15(22-17)16(23)20-11-14-5-7-18-8-6-14/h5-8,10,12H,4,9,11H2,1-3H3,(H,20,23)(H,19,21,22). The van der Waals surface area contributed by atoms with Crippen molar-refractivity contribution in [2.75, 3.05) is 11.9 Å². The van der Waals surface area contributed by atoms with Gasteiger partial charge in [-0.2, -0.15) is 0 Å². The lowest BCUT2D eigenvalue weighted by atomic mass is 10.1. The predicted molar refractivity (Wildman–Crippen MR) is 90.1 cm³/mol. The van der Waals surface area contributed by atoms with Crippen LogP contribution in [0.5, 0.6) is 0 Å². The molecule has 122 valence electrons. The summed E-state index contributed by atoms with van der Waals surface area (Å²) in [7, 11) is 0. The highest BCUT2D eigenvalue weighted by molar-refractivity contribution is 5.92. The zero-order valence-electron chi connectivity index (χ0n) is 13.8. The molecule has 2 rings (SSSR count). The fourth-order valence-corrected chi connectivity index (χ4v) is 2.01. The van der Waals surface area contributed by atoms with Gasteiger partial charge in [-0.15, -0.1) is 0 Å². The van der Waals surface area contributed by atoms with E-state index in [1.807, 2.05) is 19.1 Å². The second-order valence-electron chi connectivity index (χ2n) is 5.87. The van der Waals surface area contributed by atoms with E-state index in [4.69, 9.17) is 0 Å². The Bertz CT molecular complexity index is 643. The van der Waals surface area contributed by atoms with E-state index in [0.717, 1.165) is 24.2 Å². The minimum atomic E-state index is -0.209. The monoisotopic (exact) mass is 313 g/mol. The number of hydrogen-bond acceptors (Lipinski definition) is 5. The molecule has 6 heteroatoms. The smallest absolute Gasteiger partial charge is 0.270 e. The van der Waals surface area contributed by atoms with Crippen molar-refractivity contribution < 1.29 is 4.79 Å². The Kier molecular flexibility index (Phi) is 6.02. The molecular formula is C17H23N5O. The molecule has 0 fully saturated rings. The van der Waals surface area contributed by atoms with Crippen LogP contribution in [0.1, 0.15) is 42.0 Å². The van der Waals surface area contributed by atoms with Crippen LogP contribution in [0, 0.1) is 12.8 Å². The molecule has 2 aromatic heterocycles. The third-order valence-corrected chi connectivity index (χ3v) is 3.29. The first-order valence-electron chi connectivity index (χ1n) is 7.81. The Morgan fingerprint density at radius 1 is 1.22 bits per heavy atom. The van der Waals surface area contributed by atoms with E-state index in [-0.39, 0.29) is 5.91 Å². The van der Waals surface area contributed by atoms with Crippen molar-refractivity contribution in [3.8, 4) is 0 Å². The normalized spacial score (nSPS) is 10.6. The molecule has 0 radical (unpaired) electrons. The molecule has 2 N–H and O–H groups in total. The third-order valence-electron chi connectivity index (χ3n) is 3.29. The van der Waals surface area contributed by atoms with Crippen LogP contribution in [0.15, 0.2) is 30.6 Å². The Morgan fingerprint density at radius 2 is 1.96 bits per heavy atom. The fourth-order valence-electron chi connectivity index (χ4n) is 2.01. The quantitative estimate of drug-likeness (QED) is 0.821. The highest BCUT2D eigenvalue weighted by Crippen LogP contribution is 2.07. The molecule has 1 amide bonds. The summed E-state index contributed by atoms with van der Waals surface area (Å²) in [4.78, 5) is 24.8. The highest BCUT2D eigenvalue weighted by Gasteiger charge is 2.10. The molecule has 2 heterocycles. The molecule has 0 saturated carbocycles.